The third kappa shape index (κ3) is 4.57. The van der Waals surface area contributed by atoms with Crippen LogP contribution < -0.4 is 10.6 Å². The lowest BCUT2D eigenvalue weighted by atomic mass is 10.1. The molecule has 2 aromatic carbocycles. The highest BCUT2D eigenvalue weighted by Crippen LogP contribution is 2.14. The van der Waals surface area contributed by atoms with E-state index < -0.39 is 24.0 Å². The predicted molar refractivity (Wildman–Crippen MR) is 87.1 cm³/mol. The van der Waals surface area contributed by atoms with Gasteiger partial charge in [0.1, 0.15) is 6.04 Å². The van der Waals surface area contributed by atoms with Gasteiger partial charge in [0.05, 0.1) is 11.3 Å². The number of rotatable bonds is 6. The van der Waals surface area contributed by atoms with Crippen LogP contribution in [0, 0.1) is 0 Å². The minimum Gasteiger partial charge on any atom is -0.480 e. The number of para-hydroxylation sites is 1. The molecule has 1 atom stereocenters. The standard InChI is InChI=1S/C17H16N2O5/c20-15(21)12-8-4-5-9-13(12)18-17(24)19-14(16(22)23)10-11-6-2-1-3-7-11/h1-9,14H,10H2,(H,20,21)(H,22,23)(H2,18,19,24)/t14-/m0/s1. The first-order chi connectivity index (χ1) is 11.5. The number of carboxylic acid groups (broad SMARTS) is 2. The van der Waals surface area contributed by atoms with E-state index in [1.54, 1.807) is 30.3 Å². The maximum Gasteiger partial charge on any atom is 0.337 e. The summed E-state index contributed by atoms with van der Waals surface area (Å²) in [4.78, 5) is 34.5. The molecule has 2 aromatic rings. The molecule has 0 fully saturated rings. The third-order valence-electron chi connectivity index (χ3n) is 3.29. The fourth-order valence-electron chi connectivity index (χ4n) is 2.15. The van der Waals surface area contributed by atoms with E-state index in [1.807, 2.05) is 6.07 Å². The zero-order valence-electron chi connectivity index (χ0n) is 12.6. The molecule has 0 unspecified atom stereocenters. The molecule has 0 bridgehead atoms. The van der Waals surface area contributed by atoms with E-state index in [0.717, 1.165) is 5.56 Å². The topological polar surface area (TPSA) is 116 Å². The SMILES string of the molecule is O=C(Nc1ccccc1C(=O)O)N[C@@H](Cc1ccccc1)C(=O)O. The number of aromatic carboxylic acids is 1. The number of hydrogen-bond acceptors (Lipinski definition) is 3. The summed E-state index contributed by atoms with van der Waals surface area (Å²) in [7, 11) is 0. The molecule has 0 spiro atoms. The minimum absolute atomic E-state index is 0.0809. The van der Waals surface area contributed by atoms with Crippen LogP contribution in [-0.4, -0.2) is 34.2 Å². The Morgan fingerprint density at radius 2 is 1.54 bits per heavy atom. The van der Waals surface area contributed by atoms with Crippen molar-refractivity contribution in [1.29, 1.82) is 0 Å². The average molecular weight is 328 g/mol. The molecule has 0 aliphatic rings. The Bertz CT molecular complexity index is 746. The number of anilines is 1. The molecule has 0 radical (unpaired) electrons. The molecule has 7 nitrogen and oxygen atoms in total. The molecule has 0 aromatic heterocycles. The van der Waals surface area contributed by atoms with Crippen molar-refractivity contribution < 1.29 is 24.6 Å². The fourth-order valence-corrected chi connectivity index (χ4v) is 2.15. The molecule has 0 aliphatic carbocycles. The van der Waals surface area contributed by atoms with Gasteiger partial charge in [-0.25, -0.2) is 14.4 Å². The first-order valence-electron chi connectivity index (χ1n) is 7.14. The van der Waals surface area contributed by atoms with Crippen LogP contribution in [0.25, 0.3) is 0 Å². The van der Waals surface area contributed by atoms with E-state index in [1.165, 1.54) is 18.2 Å². The molecule has 124 valence electrons. The molecule has 0 saturated carbocycles. The number of carbonyl (C=O) groups excluding carboxylic acids is 1. The van der Waals surface area contributed by atoms with E-state index in [4.69, 9.17) is 5.11 Å². The smallest absolute Gasteiger partial charge is 0.337 e. The van der Waals surface area contributed by atoms with Gasteiger partial charge in [0.15, 0.2) is 0 Å². The number of nitrogens with one attached hydrogen (secondary N) is 2. The highest BCUT2D eigenvalue weighted by atomic mass is 16.4. The van der Waals surface area contributed by atoms with Crippen LogP contribution >= 0.6 is 0 Å². The van der Waals surface area contributed by atoms with E-state index in [-0.39, 0.29) is 17.7 Å². The lowest BCUT2D eigenvalue weighted by Gasteiger charge is -2.16. The summed E-state index contributed by atoms with van der Waals surface area (Å²) in [6, 6.07) is 12.8. The first-order valence-corrected chi connectivity index (χ1v) is 7.14. The lowest BCUT2D eigenvalue weighted by Crippen LogP contribution is -2.44. The van der Waals surface area contributed by atoms with Gasteiger partial charge in [0.2, 0.25) is 0 Å². The molecule has 0 heterocycles. The van der Waals surface area contributed by atoms with Crippen molar-refractivity contribution >= 4 is 23.7 Å². The predicted octanol–water partition coefficient (Wildman–Crippen LogP) is 2.20. The van der Waals surface area contributed by atoms with Crippen LogP contribution in [0.4, 0.5) is 10.5 Å². The van der Waals surface area contributed by atoms with Crippen molar-refractivity contribution in [2.45, 2.75) is 12.5 Å². The Morgan fingerprint density at radius 1 is 0.917 bits per heavy atom. The van der Waals surface area contributed by atoms with Crippen LogP contribution in [0.1, 0.15) is 15.9 Å². The summed E-state index contributed by atoms with van der Waals surface area (Å²) in [5, 5.41) is 23.0. The average Bonchev–Trinajstić information content (AvgIpc) is 2.55. The van der Waals surface area contributed by atoms with Crippen LogP contribution in [-0.2, 0) is 11.2 Å². The van der Waals surface area contributed by atoms with Crippen molar-refractivity contribution in [3.63, 3.8) is 0 Å². The Labute approximate surface area is 137 Å². The van der Waals surface area contributed by atoms with Gasteiger partial charge in [-0.2, -0.15) is 0 Å². The molecule has 4 N–H and O–H groups in total. The molecule has 2 amide bonds. The molecule has 0 saturated heterocycles. The zero-order chi connectivity index (χ0) is 17.5. The van der Waals surface area contributed by atoms with E-state index in [2.05, 4.69) is 10.6 Å². The van der Waals surface area contributed by atoms with Crippen LogP contribution in [0.15, 0.2) is 54.6 Å². The van der Waals surface area contributed by atoms with Crippen LogP contribution in [0.2, 0.25) is 0 Å². The maximum absolute atomic E-state index is 12.0. The maximum atomic E-state index is 12.0. The second-order valence-electron chi connectivity index (χ2n) is 5.03. The summed E-state index contributed by atoms with van der Waals surface area (Å²) >= 11 is 0. The summed E-state index contributed by atoms with van der Waals surface area (Å²) in [6.07, 6.45) is 0.115. The molecule has 0 aliphatic heterocycles. The number of aliphatic carboxylic acids is 1. The third-order valence-corrected chi connectivity index (χ3v) is 3.29. The number of hydrogen-bond donors (Lipinski definition) is 4. The molecular formula is C17H16N2O5. The van der Waals surface area contributed by atoms with Crippen molar-refractivity contribution in [2.75, 3.05) is 5.32 Å². The van der Waals surface area contributed by atoms with Gasteiger partial charge in [-0.15, -0.1) is 0 Å². The Morgan fingerprint density at radius 3 is 2.17 bits per heavy atom. The summed E-state index contributed by atoms with van der Waals surface area (Å²) in [6.45, 7) is 0. The molecule has 2 rings (SSSR count). The Kier molecular flexibility index (Phi) is 5.51. The number of amides is 2. The van der Waals surface area contributed by atoms with Gasteiger partial charge in [-0.05, 0) is 17.7 Å². The van der Waals surface area contributed by atoms with Gasteiger partial charge in [0.25, 0.3) is 0 Å². The number of benzene rings is 2. The summed E-state index contributed by atoms with van der Waals surface area (Å²) in [5.41, 5.74) is 0.769. The zero-order valence-corrected chi connectivity index (χ0v) is 12.6. The monoisotopic (exact) mass is 328 g/mol. The second kappa shape index (κ2) is 7.77. The fraction of sp³-hybridized carbons (Fsp3) is 0.118. The number of carbonyl (C=O) groups is 3. The van der Waals surface area contributed by atoms with Crippen molar-refractivity contribution in [3.05, 3.63) is 65.7 Å². The highest BCUT2D eigenvalue weighted by Gasteiger charge is 2.21. The molecule has 24 heavy (non-hydrogen) atoms. The van der Waals surface area contributed by atoms with Crippen molar-refractivity contribution in [2.24, 2.45) is 0 Å². The first kappa shape index (κ1) is 17.0. The largest absolute Gasteiger partial charge is 0.480 e. The highest BCUT2D eigenvalue weighted by molar-refractivity contribution is 6.00. The van der Waals surface area contributed by atoms with Crippen LogP contribution in [0.5, 0.6) is 0 Å². The van der Waals surface area contributed by atoms with E-state index in [9.17, 15) is 19.5 Å². The Hall–Kier alpha value is -3.35. The van der Waals surface area contributed by atoms with E-state index >= 15 is 0 Å². The van der Waals surface area contributed by atoms with Gasteiger partial charge in [0, 0.05) is 6.42 Å². The van der Waals surface area contributed by atoms with Crippen molar-refractivity contribution in [3.8, 4) is 0 Å². The number of urea groups is 1. The van der Waals surface area contributed by atoms with Crippen molar-refractivity contribution in [1.82, 2.24) is 5.32 Å². The van der Waals surface area contributed by atoms with Gasteiger partial charge < -0.3 is 20.8 Å². The van der Waals surface area contributed by atoms with Gasteiger partial charge in [-0.3, -0.25) is 0 Å². The van der Waals surface area contributed by atoms with Gasteiger partial charge >= 0.3 is 18.0 Å². The summed E-state index contributed by atoms with van der Waals surface area (Å²) in [5.74, 6) is -2.37. The van der Waals surface area contributed by atoms with Crippen LogP contribution in [0.3, 0.4) is 0 Å². The van der Waals surface area contributed by atoms with E-state index in [0.29, 0.717) is 0 Å². The van der Waals surface area contributed by atoms with Gasteiger partial charge in [-0.1, -0.05) is 42.5 Å². The lowest BCUT2D eigenvalue weighted by molar-refractivity contribution is -0.139. The minimum atomic E-state index is -1.19. The quantitative estimate of drug-likeness (QED) is 0.649. The normalized spacial score (nSPS) is 11.3. The second-order valence-corrected chi connectivity index (χ2v) is 5.03. The molecular weight excluding hydrogens is 312 g/mol. The number of carboxylic acids is 2. The molecule has 7 heteroatoms. The Balaban J connectivity index is 2.06. The summed E-state index contributed by atoms with van der Waals surface area (Å²) < 4.78 is 0.